The summed E-state index contributed by atoms with van der Waals surface area (Å²) in [6.45, 7) is 0. The maximum atomic E-state index is 12.9. The molecule has 2 N–H and O–H groups in total. The van der Waals surface area contributed by atoms with Crippen LogP contribution in [0.2, 0.25) is 0 Å². The smallest absolute Gasteiger partial charge is 0.222 e. The Hall–Kier alpha value is -1.08. The van der Waals surface area contributed by atoms with Crippen LogP contribution in [0.25, 0.3) is 0 Å². The maximum absolute atomic E-state index is 12.9. The van der Waals surface area contributed by atoms with Crippen molar-refractivity contribution in [3.63, 3.8) is 0 Å². The van der Waals surface area contributed by atoms with E-state index in [-0.39, 0.29) is 5.82 Å². The summed E-state index contributed by atoms with van der Waals surface area (Å²) in [5.41, 5.74) is 6.57. The molecule has 0 fully saturated rings. The Kier molecular flexibility index (Phi) is 3.68. The molecule has 0 bridgehead atoms. The number of hydrogen-bond acceptors (Lipinski definition) is 4. The third-order valence-electron chi connectivity index (χ3n) is 2.24. The van der Waals surface area contributed by atoms with E-state index in [0.29, 0.717) is 11.7 Å². The molecule has 0 unspecified atom stereocenters. The van der Waals surface area contributed by atoms with Gasteiger partial charge in [0.25, 0.3) is 0 Å². The SMILES string of the molecule is Cn1c(N)nnc1SCc1ccc(F)cc1Br. The minimum atomic E-state index is -0.256. The molecule has 90 valence electrons. The van der Waals surface area contributed by atoms with Crippen molar-refractivity contribution in [2.24, 2.45) is 7.05 Å². The topological polar surface area (TPSA) is 56.7 Å². The fourth-order valence-electron chi connectivity index (χ4n) is 1.23. The van der Waals surface area contributed by atoms with E-state index in [0.717, 1.165) is 15.2 Å². The van der Waals surface area contributed by atoms with Crippen molar-refractivity contribution in [3.05, 3.63) is 34.1 Å². The van der Waals surface area contributed by atoms with Gasteiger partial charge < -0.3 is 5.73 Å². The van der Waals surface area contributed by atoms with Crippen LogP contribution >= 0.6 is 27.7 Å². The van der Waals surface area contributed by atoms with Crippen LogP contribution in [0.1, 0.15) is 5.56 Å². The van der Waals surface area contributed by atoms with Crippen LogP contribution in [-0.4, -0.2) is 14.8 Å². The van der Waals surface area contributed by atoms with Crippen LogP contribution in [0.4, 0.5) is 10.3 Å². The number of thioether (sulfide) groups is 1. The van der Waals surface area contributed by atoms with Crippen molar-refractivity contribution in [2.75, 3.05) is 5.73 Å². The summed E-state index contributed by atoms with van der Waals surface area (Å²) in [6, 6.07) is 4.62. The summed E-state index contributed by atoms with van der Waals surface area (Å²) >= 11 is 4.82. The van der Waals surface area contributed by atoms with Crippen LogP contribution in [0.15, 0.2) is 27.8 Å². The van der Waals surface area contributed by atoms with Gasteiger partial charge in [-0.15, -0.1) is 10.2 Å². The molecule has 0 radical (unpaired) electrons. The maximum Gasteiger partial charge on any atom is 0.222 e. The van der Waals surface area contributed by atoms with Crippen molar-refractivity contribution in [3.8, 4) is 0 Å². The Morgan fingerprint density at radius 3 is 2.82 bits per heavy atom. The third kappa shape index (κ3) is 2.78. The van der Waals surface area contributed by atoms with Crippen molar-refractivity contribution >= 4 is 33.6 Å². The van der Waals surface area contributed by atoms with Gasteiger partial charge in [-0.25, -0.2) is 4.39 Å². The van der Waals surface area contributed by atoms with E-state index in [9.17, 15) is 4.39 Å². The number of benzene rings is 1. The number of hydrogen-bond donors (Lipinski definition) is 1. The molecule has 17 heavy (non-hydrogen) atoms. The summed E-state index contributed by atoms with van der Waals surface area (Å²) < 4.78 is 15.4. The Morgan fingerprint density at radius 1 is 1.47 bits per heavy atom. The molecule has 1 aromatic heterocycles. The van der Waals surface area contributed by atoms with Gasteiger partial charge in [-0.2, -0.15) is 0 Å². The number of anilines is 1. The monoisotopic (exact) mass is 316 g/mol. The Morgan fingerprint density at radius 2 is 2.24 bits per heavy atom. The van der Waals surface area contributed by atoms with Gasteiger partial charge in [-0.05, 0) is 17.7 Å². The highest BCUT2D eigenvalue weighted by Gasteiger charge is 2.08. The van der Waals surface area contributed by atoms with Gasteiger partial charge in [0.05, 0.1) is 0 Å². The molecule has 0 amide bonds. The lowest BCUT2D eigenvalue weighted by molar-refractivity contribution is 0.626. The molecule has 0 atom stereocenters. The highest BCUT2D eigenvalue weighted by molar-refractivity contribution is 9.10. The molecular weight excluding hydrogens is 307 g/mol. The van der Waals surface area contributed by atoms with Crippen LogP contribution in [0, 0.1) is 5.82 Å². The number of aromatic nitrogens is 3. The molecule has 7 heteroatoms. The van der Waals surface area contributed by atoms with Crippen LogP contribution < -0.4 is 5.73 Å². The Labute approximate surface area is 111 Å². The number of halogens is 2. The number of nitrogens with zero attached hydrogens (tertiary/aromatic N) is 3. The van der Waals surface area contributed by atoms with Gasteiger partial charge in [0.1, 0.15) is 5.82 Å². The molecule has 0 saturated heterocycles. The second kappa shape index (κ2) is 5.05. The lowest BCUT2D eigenvalue weighted by Gasteiger charge is -2.04. The third-order valence-corrected chi connectivity index (χ3v) is 4.05. The van der Waals surface area contributed by atoms with E-state index >= 15 is 0 Å². The first kappa shape index (κ1) is 12.4. The van der Waals surface area contributed by atoms with Crippen molar-refractivity contribution in [1.29, 1.82) is 0 Å². The van der Waals surface area contributed by atoms with Gasteiger partial charge in [0.15, 0.2) is 5.16 Å². The first-order valence-corrected chi connectivity index (χ1v) is 6.57. The number of rotatable bonds is 3. The van der Waals surface area contributed by atoms with Gasteiger partial charge in [-0.3, -0.25) is 4.57 Å². The fraction of sp³-hybridized carbons (Fsp3) is 0.200. The molecule has 2 aromatic rings. The molecule has 1 aromatic carbocycles. The van der Waals surface area contributed by atoms with Crippen LogP contribution in [0.3, 0.4) is 0 Å². The fourth-order valence-corrected chi connectivity index (χ4v) is 2.83. The Bertz CT molecular complexity index is 543. The summed E-state index contributed by atoms with van der Waals surface area (Å²) in [6.07, 6.45) is 0. The van der Waals surface area contributed by atoms with E-state index in [1.807, 2.05) is 0 Å². The number of nitrogens with two attached hydrogens (primary N) is 1. The van der Waals surface area contributed by atoms with E-state index < -0.39 is 0 Å². The zero-order valence-corrected chi connectivity index (χ0v) is 11.4. The largest absolute Gasteiger partial charge is 0.368 e. The van der Waals surface area contributed by atoms with Crippen molar-refractivity contribution in [1.82, 2.24) is 14.8 Å². The number of nitrogen functional groups attached to an aromatic ring is 1. The normalized spacial score (nSPS) is 10.8. The second-order valence-electron chi connectivity index (χ2n) is 3.42. The average Bonchev–Trinajstić information content (AvgIpc) is 2.59. The highest BCUT2D eigenvalue weighted by atomic mass is 79.9. The first-order chi connectivity index (χ1) is 8.08. The first-order valence-electron chi connectivity index (χ1n) is 4.79. The summed E-state index contributed by atoms with van der Waals surface area (Å²) in [5, 5.41) is 8.44. The molecule has 1 heterocycles. The van der Waals surface area contributed by atoms with E-state index in [2.05, 4.69) is 26.1 Å². The minimum Gasteiger partial charge on any atom is -0.368 e. The van der Waals surface area contributed by atoms with Crippen LogP contribution in [-0.2, 0) is 12.8 Å². The molecular formula is C10H10BrFN4S. The van der Waals surface area contributed by atoms with Crippen molar-refractivity contribution in [2.45, 2.75) is 10.9 Å². The molecule has 4 nitrogen and oxygen atoms in total. The highest BCUT2D eigenvalue weighted by Crippen LogP contribution is 2.26. The van der Waals surface area contributed by atoms with Gasteiger partial charge >= 0.3 is 0 Å². The quantitative estimate of drug-likeness (QED) is 0.884. The standard InChI is InChI=1S/C10H10BrFN4S/c1-16-9(13)14-15-10(16)17-5-6-2-3-7(12)4-8(6)11/h2-4H,5H2,1H3,(H2,13,14). The molecule has 0 saturated carbocycles. The zero-order valence-electron chi connectivity index (χ0n) is 9.02. The lowest BCUT2D eigenvalue weighted by Crippen LogP contribution is -1.98. The average molecular weight is 317 g/mol. The predicted molar refractivity (Wildman–Crippen MR) is 69.1 cm³/mol. The van der Waals surface area contributed by atoms with E-state index in [1.54, 1.807) is 17.7 Å². The molecule has 0 aliphatic rings. The van der Waals surface area contributed by atoms with Gasteiger partial charge in [-0.1, -0.05) is 33.8 Å². The van der Waals surface area contributed by atoms with Gasteiger partial charge in [0, 0.05) is 17.3 Å². The summed E-state index contributed by atoms with van der Waals surface area (Å²) in [4.78, 5) is 0. The molecule has 0 aliphatic carbocycles. The van der Waals surface area contributed by atoms with Gasteiger partial charge in [0.2, 0.25) is 5.95 Å². The lowest BCUT2D eigenvalue weighted by atomic mass is 10.2. The van der Waals surface area contributed by atoms with Crippen LogP contribution in [0.5, 0.6) is 0 Å². The summed E-state index contributed by atoms with van der Waals surface area (Å²) in [7, 11) is 1.80. The minimum absolute atomic E-state index is 0.256. The van der Waals surface area contributed by atoms with E-state index in [1.165, 1.54) is 23.9 Å². The summed E-state index contributed by atoms with van der Waals surface area (Å²) in [5.74, 6) is 0.798. The Balaban J connectivity index is 2.10. The predicted octanol–water partition coefficient (Wildman–Crippen LogP) is 2.59. The molecule has 2 rings (SSSR count). The second-order valence-corrected chi connectivity index (χ2v) is 5.22. The molecule has 0 aliphatic heterocycles. The van der Waals surface area contributed by atoms with E-state index in [4.69, 9.17) is 5.73 Å². The molecule has 0 spiro atoms. The zero-order chi connectivity index (χ0) is 12.4. The van der Waals surface area contributed by atoms with Crippen molar-refractivity contribution < 1.29 is 4.39 Å².